The molecule has 0 aliphatic carbocycles. The predicted molar refractivity (Wildman–Crippen MR) is 97.7 cm³/mol. The van der Waals surface area contributed by atoms with Crippen molar-refractivity contribution in [2.75, 3.05) is 31.6 Å². The lowest BCUT2D eigenvalue weighted by atomic mass is 10.1. The molecule has 1 unspecified atom stereocenters. The first-order chi connectivity index (χ1) is 12.6. The van der Waals surface area contributed by atoms with Crippen LogP contribution >= 0.6 is 0 Å². The summed E-state index contributed by atoms with van der Waals surface area (Å²) in [6.07, 6.45) is 5.03. The van der Waals surface area contributed by atoms with Crippen molar-refractivity contribution in [1.29, 1.82) is 0 Å². The Balaban J connectivity index is 1.70. The third kappa shape index (κ3) is 4.19. The second kappa shape index (κ2) is 8.27. The summed E-state index contributed by atoms with van der Waals surface area (Å²) >= 11 is 0. The standard InChI is InChI=1S/C18H26N6O2/c1-13(12-24-8-3-6-20-24)18(26)23-9-4-15-16(5-10-23)21-14(2)22-17(15)19-7-11-25/h3,6,8,13,25H,4-5,7,9-12H2,1-2H3,(H,19,21,22). The quantitative estimate of drug-likeness (QED) is 0.787. The molecule has 26 heavy (non-hydrogen) atoms. The second-order valence-electron chi connectivity index (χ2n) is 6.65. The summed E-state index contributed by atoms with van der Waals surface area (Å²) in [6, 6.07) is 1.86. The van der Waals surface area contributed by atoms with E-state index in [0.717, 1.165) is 17.1 Å². The van der Waals surface area contributed by atoms with E-state index in [1.807, 2.05) is 31.0 Å². The van der Waals surface area contributed by atoms with E-state index in [-0.39, 0.29) is 18.4 Å². The van der Waals surface area contributed by atoms with Crippen LogP contribution in [0.2, 0.25) is 0 Å². The molecule has 0 fully saturated rings. The highest BCUT2D eigenvalue weighted by atomic mass is 16.3. The highest BCUT2D eigenvalue weighted by molar-refractivity contribution is 5.78. The lowest BCUT2D eigenvalue weighted by Crippen LogP contribution is -2.38. The van der Waals surface area contributed by atoms with Crippen LogP contribution in [-0.4, -0.2) is 61.9 Å². The Hall–Kier alpha value is -2.48. The molecular weight excluding hydrogens is 332 g/mol. The van der Waals surface area contributed by atoms with Gasteiger partial charge >= 0.3 is 0 Å². The number of rotatable bonds is 6. The minimum atomic E-state index is -0.129. The van der Waals surface area contributed by atoms with Gasteiger partial charge < -0.3 is 15.3 Å². The summed E-state index contributed by atoms with van der Waals surface area (Å²) in [6.45, 7) is 6.20. The van der Waals surface area contributed by atoms with Gasteiger partial charge in [-0.15, -0.1) is 0 Å². The molecule has 3 rings (SSSR count). The van der Waals surface area contributed by atoms with Gasteiger partial charge in [0.15, 0.2) is 0 Å². The highest BCUT2D eigenvalue weighted by Crippen LogP contribution is 2.22. The number of nitrogens with zero attached hydrogens (tertiary/aromatic N) is 5. The summed E-state index contributed by atoms with van der Waals surface area (Å²) in [4.78, 5) is 23.8. The van der Waals surface area contributed by atoms with Gasteiger partial charge in [-0.2, -0.15) is 5.10 Å². The molecule has 2 N–H and O–H groups in total. The Morgan fingerprint density at radius 1 is 1.35 bits per heavy atom. The maximum absolute atomic E-state index is 12.9. The van der Waals surface area contributed by atoms with Crippen LogP contribution in [0.4, 0.5) is 5.82 Å². The number of fused-ring (bicyclic) bond motifs is 1. The van der Waals surface area contributed by atoms with Crippen molar-refractivity contribution in [2.24, 2.45) is 5.92 Å². The van der Waals surface area contributed by atoms with Crippen molar-refractivity contribution in [2.45, 2.75) is 33.2 Å². The minimum absolute atomic E-state index is 0.0490. The summed E-state index contributed by atoms with van der Waals surface area (Å²) in [5.74, 6) is 1.50. The number of hydrogen-bond acceptors (Lipinski definition) is 6. The number of carbonyl (C=O) groups excluding carboxylic acids is 1. The van der Waals surface area contributed by atoms with Gasteiger partial charge in [0.1, 0.15) is 11.6 Å². The fourth-order valence-electron chi connectivity index (χ4n) is 3.34. The Bertz CT molecular complexity index is 746. The molecule has 8 nitrogen and oxygen atoms in total. The van der Waals surface area contributed by atoms with E-state index < -0.39 is 0 Å². The van der Waals surface area contributed by atoms with Gasteiger partial charge in [0.05, 0.1) is 24.8 Å². The summed E-state index contributed by atoms with van der Waals surface area (Å²) in [5, 5.41) is 16.4. The molecule has 0 aromatic carbocycles. The number of amides is 1. The molecule has 1 atom stereocenters. The molecule has 0 saturated heterocycles. The molecule has 1 amide bonds. The van der Waals surface area contributed by atoms with Crippen LogP contribution in [0.3, 0.4) is 0 Å². The number of nitrogens with one attached hydrogen (secondary N) is 1. The van der Waals surface area contributed by atoms with Crippen molar-refractivity contribution in [3.63, 3.8) is 0 Å². The molecule has 2 aromatic heterocycles. The Labute approximate surface area is 153 Å². The summed E-state index contributed by atoms with van der Waals surface area (Å²) in [5.41, 5.74) is 2.05. The van der Waals surface area contributed by atoms with Crippen LogP contribution in [0.5, 0.6) is 0 Å². The van der Waals surface area contributed by atoms with Gasteiger partial charge in [-0.05, 0) is 19.4 Å². The first kappa shape index (κ1) is 18.3. The van der Waals surface area contributed by atoms with Crippen molar-refractivity contribution in [3.8, 4) is 0 Å². The zero-order valence-electron chi connectivity index (χ0n) is 15.4. The van der Waals surface area contributed by atoms with E-state index in [1.165, 1.54) is 0 Å². The largest absolute Gasteiger partial charge is 0.395 e. The Morgan fingerprint density at radius 2 is 2.15 bits per heavy atom. The van der Waals surface area contributed by atoms with Crippen LogP contribution in [0.25, 0.3) is 0 Å². The van der Waals surface area contributed by atoms with E-state index in [2.05, 4.69) is 20.4 Å². The SMILES string of the molecule is Cc1nc2c(c(NCCO)n1)CCN(C(=O)C(C)Cn1cccn1)CC2. The van der Waals surface area contributed by atoms with Crippen molar-refractivity contribution in [1.82, 2.24) is 24.6 Å². The molecule has 0 bridgehead atoms. The van der Waals surface area contributed by atoms with Gasteiger partial charge in [0.25, 0.3) is 0 Å². The number of hydrogen-bond donors (Lipinski definition) is 2. The monoisotopic (exact) mass is 358 g/mol. The molecule has 2 aromatic rings. The average molecular weight is 358 g/mol. The fourth-order valence-corrected chi connectivity index (χ4v) is 3.34. The average Bonchev–Trinajstić information content (AvgIpc) is 3.04. The summed E-state index contributed by atoms with van der Waals surface area (Å²) in [7, 11) is 0. The van der Waals surface area contributed by atoms with Gasteiger partial charge in [-0.3, -0.25) is 9.48 Å². The smallest absolute Gasteiger partial charge is 0.227 e. The van der Waals surface area contributed by atoms with Gasteiger partial charge in [-0.25, -0.2) is 9.97 Å². The van der Waals surface area contributed by atoms with Crippen LogP contribution in [0.1, 0.15) is 24.0 Å². The summed E-state index contributed by atoms with van der Waals surface area (Å²) < 4.78 is 1.79. The maximum Gasteiger partial charge on any atom is 0.227 e. The van der Waals surface area contributed by atoms with Crippen LogP contribution in [0.15, 0.2) is 18.5 Å². The van der Waals surface area contributed by atoms with Crippen molar-refractivity contribution < 1.29 is 9.90 Å². The van der Waals surface area contributed by atoms with Crippen molar-refractivity contribution in [3.05, 3.63) is 35.5 Å². The Kier molecular flexibility index (Phi) is 5.82. The number of anilines is 1. The molecule has 1 aliphatic rings. The third-order valence-corrected chi connectivity index (χ3v) is 4.61. The maximum atomic E-state index is 12.9. The number of aliphatic hydroxyl groups excluding tert-OH is 1. The van der Waals surface area contributed by atoms with Gasteiger partial charge in [0, 0.05) is 44.0 Å². The van der Waals surface area contributed by atoms with Crippen LogP contribution in [0, 0.1) is 12.8 Å². The lowest BCUT2D eigenvalue weighted by Gasteiger charge is -2.24. The topological polar surface area (TPSA) is 96.2 Å². The molecule has 0 saturated carbocycles. The number of aliphatic hydroxyl groups is 1. The first-order valence-electron chi connectivity index (χ1n) is 9.06. The van der Waals surface area contributed by atoms with E-state index in [9.17, 15) is 4.79 Å². The third-order valence-electron chi connectivity index (χ3n) is 4.61. The second-order valence-corrected chi connectivity index (χ2v) is 6.65. The lowest BCUT2D eigenvalue weighted by molar-refractivity contribution is -0.135. The van der Waals surface area contributed by atoms with Crippen molar-refractivity contribution >= 4 is 11.7 Å². The molecular formula is C18H26N6O2. The number of aryl methyl sites for hydroxylation is 1. The van der Waals surface area contributed by atoms with Gasteiger partial charge in [-0.1, -0.05) is 6.92 Å². The fraction of sp³-hybridized carbons (Fsp3) is 0.556. The molecule has 3 heterocycles. The zero-order valence-corrected chi connectivity index (χ0v) is 15.4. The highest BCUT2D eigenvalue weighted by Gasteiger charge is 2.25. The Morgan fingerprint density at radius 3 is 2.88 bits per heavy atom. The number of aromatic nitrogens is 4. The molecule has 1 aliphatic heterocycles. The van der Waals surface area contributed by atoms with Crippen LogP contribution < -0.4 is 5.32 Å². The van der Waals surface area contributed by atoms with E-state index >= 15 is 0 Å². The van der Waals surface area contributed by atoms with E-state index in [4.69, 9.17) is 5.11 Å². The molecule has 0 spiro atoms. The molecule has 8 heteroatoms. The molecule has 0 radical (unpaired) electrons. The predicted octanol–water partition coefficient (Wildman–Crippen LogP) is 0.649. The normalized spacial score (nSPS) is 15.3. The van der Waals surface area contributed by atoms with Crippen LogP contribution in [-0.2, 0) is 24.2 Å². The first-order valence-corrected chi connectivity index (χ1v) is 9.06. The zero-order chi connectivity index (χ0) is 18.5. The van der Waals surface area contributed by atoms with E-state index in [1.54, 1.807) is 10.9 Å². The molecule has 140 valence electrons. The van der Waals surface area contributed by atoms with E-state index in [0.29, 0.717) is 44.8 Å². The number of carbonyl (C=O) groups is 1. The van der Waals surface area contributed by atoms with Gasteiger partial charge in [0.2, 0.25) is 5.91 Å². The minimum Gasteiger partial charge on any atom is -0.395 e.